The number of β-amino-alcohol motifs (C(OH)–C–C–N with tert-alkyl or cyclic N) is 1. The number of carbonyl (C=O) groups is 1. The molecule has 2 rings (SSSR count). The molecule has 2 aromatic rings. The quantitative estimate of drug-likeness (QED) is 0.516. The Bertz CT molecular complexity index is 758. The highest BCUT2D eigenvalue weighted by Crippen LogP contribution is 2.28. The first kappa shape index (κ1) is 23.0. The average Bonchev–Trinajstić information content (AvgIpc) is 2.61. The summed E-state index contributed by atoms with van der Waals surface area (Å²) >= 11 is 0. The standard InChI is InChI=1S/C20H26N2O4.BrH/c1-20(2,3)21-12-18(24)14-7-10-17(23)16(11-14)22-19(25)13-5-8-15(26-4)9-6-13;/h5-11,18,21,23-24H,12H2,1-4H3,(H,22,25);1H. The number of hydrogen-bond donors (Lipinski definition) is 4. The molecule has 0 radical (unpaired) electrons. The van der Waals surface area contributed by atoms with Crippen molar-refractivity contribution in [1.82, 2.24) is 5.32 Å². The number of nitrogens with one attached hydrogen (secondary N) is 2. The van der Waals surface area contributed by atoms with Crippen LogP contribution in [0.15, 0.2) is 42.5 Å². The van der Waals surface area contributed by atoms with Crippen LogP contribution in [0, 0.1) is 0 Å². The van der Waals surface area contributed by atoms with Gasteiger partial charge in [0.15, 0.2) is 0 Å². The molecule has 148 valence electrons. The van der Waals surface area contributed by atoms with E-state index in [4.69, 9.17) is 4.74 Å². The average molecular weight is 439 g/mol. The van der Waals surface area contributed by atoms with Gasteiger partial charge in [-0.1, -0.05) is 6.07 Å². The molecule has 0 aliphatic rings. The van der Waals surface area contributed by atoms with E-state index < -0.39 is 6.10 Å². The first-order chi connectivity index (χ1) is 12.2. The van der Waals surface area contributed by atoms with E-state index in [9.17, 15) is 15.0 Å². The van der Waals surface area contributed by atoms with Gasteiger partial charge in [0.1, 0.15) is 11.5 Å². The number of anilines is 1. The molecule has 1 amide bonds. The number of aliphatic hydroxyl groups is 1. The molecule has 0 saturated carbocycles. The van der Waals surface area contributed by atoms with Crippen LogP contribution >= 0.6 is 17.0 Å². The van der Waals surface area contributed by atoms with Gasteiger partial charge in [-0.3, -0.25) is 4.79 Å². The number of methoxy groups -OCH3 is 1. The van der Waals surface area contributed by atoms with E-state index in [1.165, 1.54) is 6.07 Å². The maximum atomic E-state index is 12.4. The minimum atomic E-state index is -0.758. The number of aliphatic hydroxyl groups excluding tert-OH is 1. The highest BCUT2D eigenvalue weighted by Gasteiger charge is 2.16. The second-order valence-electron chi connectivity index (χ2n) is 7.11. The smallest absolute Gasteiger partial charge is 0.255 e. The van der Waals surface area contributed by atoms with E-state index in [2.05, 4.69) is 10.6 Å². The van der Waals surface area contributed by atoms with Crippen LogP contribution in [0.25, 0.3) is 0 Å². The normalized spacial score (nSPS) is 12.0. The topological polar surface area (TPSA) is 90.8 Å². The maximum absolute atomic E-state index is 12.4. The molecule has 0 aliphatic heterocycles. The maximum Gasteiger partial charge on any atom is 0.255 e. The minimum absolute atomic E-state index is 0. The van der Waals surface area contributed by atoms with E-state index in [0.29, 0.717) is 23.4 Å². The molecule has 0 bridgehead atoms. The molecular weight excluding hydrogens is 412 g/mol. The second kappa shape index (κ2) is 9.73. The van der Waals surface area contributed by atoms with Crippen LogP contribution in [0.2, 0.25) is 0 Å². The van der Waals surface area contributed by atoms with Crippen LogP contribution in [-0.2, 0) is 0 Å². The summed E-state index contributed by atoms with van der Waals surface area (Å²) in [7, 11) is 1.55. The summed E-state index contributed by atoms with van der Waals surface area (Å²) < 4.78 is 5.07. The summed E-state index contributed by atoms with van der Waals surface area (Å²) in [6.07, 6.45) is -0.758. The molecule has 1 unspecified atom stereocenters. The largest absolute Gasteiger partial charge is 0.506 e. The highest BCUT2D eigenvalue weighted by molar-refractivity contribution is 8.93. The van der Waals surface area contributed by atoms with Gasteiger partial charge in [-0.05, 0) is 62.7 Å². The number of amides is 1. The van der Waals surface area contributed by atoms with Gasteiger partial charge in [0.05, 0.1) is 18.9 Å². The summed E-state index contributed by atoms with van der Waals surface area (Å²) in [5.74, 6) is 0.231. The van der Waals surface area contributed by atoms with Gasteiger partial charge >= 0.3 is 0 Å². The van der Waals surface area contributed by atoms with Crippen molar-refractivity contribution in [3.05, 3.63) is 53.6 Å². The summed E-state index contributed by atoms with van der Waals surface area (Å²) in [6, 6.07) is 11.3. The van der Waals surface area contributed by atoms with Crippen molar-refractivity contribution in [3.8, 4) is 11.5 Å². The molecule has 0 aliphatic carbocycles. The number of halogens is 1. The molecule has 0 saturated heterocycles. The van der Waals surface area contributed by atoms with Crippen LogP contribution < -0.4 is 15.4 Å². The predicted molar refractivity (Wildman–Crippen MR) is 112 cm³/mol. The molecular formula is C20H27BrN2O4. The van der Waals surface area contributed by atoms with Crippen LogP contribution in [0.4, 0.5) is 5.69 Å². The minimum Gasteiger partial charge on any atom is -0.506 e. The van der Waals surface area contributed by atoms with Crippen molar-refractivity contribution in [1.29, 1.82) is 0 Å². The molecule has 7 heteroatoms. The van der Waals surface area contributed by atoms with E-state index in [0.717, 1.165) is 0 Å². The van der Waals surface area contributed by atoms with Gasteiger partial charge in [0.2, 0.25) is 0 Å². The predicted octanol–water partition coefficient (Wildman–Crippen LogP) is 3.65. The van der Waals surface area contributed by atoms with Gasteiger partial charge in [-0.2, -0.15) is 0 Å². The lowest BCUT2D eigenvalue weighted by molar-refractivity contribution is 0.102. The Labute approximate surface area is 170 Å². The Kier molecular flexibility index (Phi) is 8.27. The van der Waals surface area contributed by atoms with Crippen molar-refractivity contribution in [2.45, 2.75) is 32.4 Å². The first-order valence-electron chi connectivity index (χ1n) is 8.41. The summed E-state index contributed by atoms with van der Waals surface area (Å²) in [6.45, 7) is 6.39. The zero-order chi connectivity index (χ0) is 19.3. The third-order valence-electron chi connectivity index (χ3n) is 3.83. The lowest BCUT2D eigenvalue weighted by Gasteiger charge is -2.23. The number of phenolic OH excluding ortho intramolecular Hbond substituents is 1. The summed E-state index contributed by atoms with van der Waals surface area (Å²) in [5, 5.41) is 26.2. The van der Waals surface area contributed by atoms with Crippen LogP contribution in [0.3, 0.4) is 0 Å². The number of hydrogen-bond acceptors (Lipinski definition) is 5. The first-order valence-corrected chi connectivity index (χ1v) is 8.41. The third-order valence-corrected chi connectivity index (χ3v) is 3.83. The zero-order valence-electron chi connectivity index (χ0n) is 15.9. The molecule has 6 nitrogen and oxygen atoms in total. The summed E-state index contributed by atoms with van der Waals surface area (Å²) in [5.41, 5.74) is 1.16. The van der Waals surface area contributed by atoms with E-state index in [1.54, 1.807) is 43.5 Å². The number of ether oxygens (including phenoxy) is 1. The molecule has 0 spiro atoms. The fourth-order valence-corrected chi connectivity index (χ4v) is 2.32. The van der Waals surface area contributed by atoms with Crippen LogP contribution in [-0.4, -0.2) is 35.3 Å². The van der Waals surface area contributed by atoms with E-state index in [-0.39, 0.29) is 39.9 Å². The number of rotatable bonds is 6. The van der Waals surface area contributed by atoms with Gasteiger partial charge in [0, 0.05) is 17.6 Å². The molecule has 2 aromatic carbocycles. The number of aromatic hydroxyl groups is 1. The Morgan fingerprint density at radius 2 is 1.78 bits per heavy atom. The zero-order valence-corrected chi connectivity index (χ0v) is 17.7. The van der Waals surface area contributed by atoms with Crippen LogP contribution in [0.5, 0.6) is 11.5 Å². The van der Waals surface area contributed by atoms with Crippen molar-refractivity contribution in [2.24, 2.45) is 0 Å². The Hall–Kier alpha value is -2.09. The second-order valence-corrected chi connectivity index (χ2v) is 7.11. The molecule has 0 heterocycles. The van der Waals surface area contributed by atoms with Gasteiger partial charge in [-0.25, -0.2) is 0 Å². The van der Waals surface area contributed by atoms with Gasteiger partial charge in [0.25, 0.3) is 5.91 Å². The Morgan fingerprint density at radius 3 is 2.33 bits per heavy atom. The molecule has 1 atom stereocenters. The Balaban J connectivity index is 0.00000364. The van der Waals surface area contributed by atoms with Crippen molar-refractivity contribution in [3.63, 3.8) is 0 Å². The number of phenols is 1. The molecule has 0 aromatic heterocycles. The fourth-order valence-electron chi connectivity index (χ4n) is 2.32. The van der Waals surface area contributed by atoms with Crippen molar-refractivity contribution >= 4 is 28.6 Å². The van der Waals surface area contributed by atoms with E-state index in [1.807, 2.05) is 20.8 Å². The molecule has 27 heavy (non-hydrogen) atoms. The molecule has 0 fully saturated rings. The van der Waals surface area contributed by atoms with Crippen molar-refractivity contribution < 1.29 is 19.7 Å². The number of carbonyl (C=O) groups excluding carboxylic acids is 1. The highest BCUT2D eigenvalue weighted by atomic mass is 79.9. The van der Waals surface area contributed by atoms with E-state index >= 15 is 0 Å². The van der Waals surface area contributed by atoms with Crippen LogP contribution in [0.1, 0.15) is 42.8 Å². The Morgan fingerprint density at radius 1 is 1.15 bits per heavy atom. The summed E-state index contributed by atoms with van der Waals surface area (Å²) in [4.78, 5) is 12.4. The lowest BCUT2D eigenvalue weighted by Crippen LogP contribution is -2.38. The molecule has 4 N–H and O–H groups in total. The third kappa shape index (κ3) is 6.86. The van der Waals surface area contributed by atoms with Crippen molar-refractivity contribution in [2.75, 3.05) is 19.0 Å². The number of benzene rings is 2. The lowest BCUT2D eigenvalue weighted by atomic mass is 10.0. The van der Waals surface area contributed by atoms with Gasteiger partial charge in [-0.15, -0.1) is 17.0 Å². The monoisotopic (exact) mass is 438 g/mol. The fraction of sp³-hybridized carbons (Fsp3) is 0.350. The SMILES string of the molecule is Br.COc1ccc(C(=O)Nc2cc(C(O)CNC(C)(C)C)ccc2O)cc1. The van der Waals surface area contributed by atoms with Gasteiger partial charge < -0.3 is 25.6 Å².